The zero-order valence-corrected chi connectivity index (χ0v) is 8.95. The van der Waals surface area contributed by atoms with E-state index in [1.54, 1.807) is 18.6 Å². The topological polar surface area (TPSA) is 38.0 Å². The van der Waals surface area contributed by atoms with Gasteiger partial charge in [-0.2, -0.15) is 0 Å². The Labute approximate surface area is 94.7 Å². The number of hydrogen-bond acceptors (Lipinski definition) is 2. The van der Waals surface area contributed by atoms with Crippen molar-refractivity contribution in [2.75, 3.05) is 6.61 Å². The Hall–Kier alpha value is -1.87. The van der Waals surface area contributed by atoms with Gasteiger partial charge in [-0.3, -0.25) is 0 Å². The summed E-state index contributed by atoms with van der Waals surface area (Å²) >= 11 is 0. The SMILES string of the molecule is OC/C=C\c1ccc(Cn2ccnc2)cc1. The highest BCUT2D eigenvalue weighted by molar-refractivity contribution is 5.49. The predicted octanol–water partition coefficient (Wildman–Crippen LogP) is 1.94. The Balaban J connectivity index is 2.05. The van der Waals surface area contributed by atoms with Gasteiger partial charge in [-0.15, -0.1) is 0 Å². The highest BCUT2D eigenvalue weighted by atomic mass is 16.2. The Bertz CT molecular complexity index is 443. The van der Waals surface area contributed by atoms with Crippen LogP contribution in [0.4, 0.5) is 0 Å². The van der Waals surface area contributed by atoms with Gasteiger partial charge in [0, 0.05) is 18.9 Å². The minimum Gasteiger partial charge on any atom is -0.392 e. The van der Waals surface area contributed by atoms with E-state index in [1.807, 2.05) is 29.0 Å². The van der Waals surface area contributed by atoms with Crippen LogP contribution < -0.4 is 0 Å². The number of aliphatic hydroxyl groups excluding tert-OH is 1. The van der Waals surface area contributed by atoms with Crippen LogP contribution in [-0.2, 0) is 6.54 Å². The molecule has 0 amide bonds. The first kappa shape index (κ1) is 10.6. The van der Waals surface area contributed by atoms with Crippen LogP contribution in [0.3, 0.4) is 0 Å². The quantitative estimate of drug-likeness (QED) is 0.844. The smallest absolute Gasteiger partial charge is 0.0949 e. The van der Waals surface area contributed by atoms with Gasteiger partial charge in [-0.05, 0) is 11.1 Å². The van der Waals surface area contributed by atoms with Crippen LogP contribution in [0, 0.1) is 0 Å². The number of aromatic nitrogens is 2. The lowest BCUT2D eigenvalue weighted by Gasteiger charge is -2.02. The lowest BCUT2D eigenvalue weighted by molar-refractivity contribution is 0.343. The van der Waals surface area contributed by atoms with E-state index in [9.17, 15) is 0 Å². The lowest BCUT2D eigenvalue weighted by atomic mass is 10.1. The largest absolute Gasteiger partial charge is 0.392 e. The molecule has 0 radical (unpaired) electrons. The maximum Gasteiger partial charge on any atom is 0.0949 e. The number of rotatable bonds is 4. The van der Waals surface area contributed by atoms with E-state index in [1.165, 1.54) is 5.56 Å². The summed E-state index contributed by atoms with van der Waals surface area (Å²) in [6.45, 7) is 0.917. The van der Waals surface area contributed by atoms with Crippen molar-refractivity contribution >= 4 is 6.08 Å². The van der Waals surface area contributed by atoms with Gasteiger partial charge in [0.2, 0.25) is 0 Å². The third-order valence-corrected chi connectivity index (χ3v) is 2.32. The maximum absolute atomic E-state index is 8.66. The van der Waals surface area contributed by atoms with Crippen molar-refractivity contribution in [3.05, 3.63) is 60.2 Å². The Morgan fingerprint density at radius 3 is 2.69 bits per heavy atom. The van der Waals surface area contributed by atoms with Crippen molar-refractivity contribution in [1.29, 1.82) is 0 Å². The molecule has 0 spiro atoms. The van der Waals surface area contributed by atoms with Crippen LogP contribution in [0.1, 0.15) is 11.1 Å². The van der Waals surface area contributed by atoms with E-state index in [2.05, 4.69) is 17.1 Å². The van der Waals surface area contributed by atoms with Gasteiger partial charge in [0.1, 0.15) is 0 Å². The van der Waals surface area contributed by atoms with Gasteiger partial charge >= 0.3 is 0 Å². The lowest BCUT2D eigenvalue weighted by Crippen LogP contribution is -1.95. The first-order chi connectivity index (χ1) is 7.88. The number of benzene rings is 1. The number of imidazole rings is 1. The van der Waals surface area contributed by atoms with Crippen LogP contribution in [0.5, 0.6) is 0 Å². The fourth-order valence-electron chi connectivity index (χ4n) is 1.51. The molecule has 1 N–H and O–H groups in total. The number of nitrogens with zero attached hydrogens (tertiary/aromatic N) is 2. The normalized spacial score (nSPS) is 11.1. The van der Waals surface area contributed by atoms with E-state index in [-0.39, 0.29) is 6.61 Å². The van der Waals surface area contributed by atoms with Crippen molar-refractivity contribution in [1.82, 2.24) is 9.55 Å². The van der Waals surface area contributed by atoms with Crippen molar-refractivity contribution in [2.45, 2.75) is 6.54 Å². The average Bonchev–Trinajstić information content (AvgIpc) is 2.81. The molecule has 2 aromatic rings. The molecule has 1 aromatic carbocycles. The standard InChI is InChI=1S/C13H14N2O/c16-9-1-2-12-3-5-13(6-4-12)10-15-8-7-14-11-15/h1-8,11,16H,9-10H2/b2-1-. The van der Waals surface area contributed by atoms with E-state index < -0.39 is 0 Å². The van der Waals surface area contributed by atoms with Crippen molar-refractivity contribution in [3.63, 3.8) is 0 Å². The number of hydrogen-bond donors (Lipinski definition) is 1. The monoisotopic (exact) mass is 214 g/mol. The van der Waals surface area contributed by atoms with E-state index in [4.69, 9.17) is 5.11 Å². The second-order valence-corrected chi connectivity index (χ2v) is 3.56. The first-order valence-electron chi connectivity index (χ1n) is 5.20. The van der Waals surface area contributed by atoms with Gasteiger partial charge < -0.3 is 9.67 Å². The summed E-state index contributed by atoms with van der Waals surface area (Å²) in [4.78, 5) is 4.00. The molecule has 1 aromatic heterocycles. The molecule has 16 heavy (non-hydrogen) atoms. The summed E-state index contributed by atoms with van der Waals surface area (Å²) in [5, 5.41) is 8.66. The van der Waals surface area contributed by atoms with E-state index >= 15 is 0 Å². The van der Waals surface area contributed by atoms with Gasteiger partial charge in [0.05, 0.1) is 12.9 Å². The molecule has 3 nitrogen and oxygen atoms in total. The summed E-state index contributed by atoms with van der Waals surface area (Å²) in [6.07, 6.45) is 9.16. The zero-order valence-electron chi connectivity index (χ0n) is 8.95. The third kappa shape index (κ3) is 2.81. The third-order valence-electron chi connectivity index (χ3n) is 2.32. The maximum atomic E-state index is 8.66. The average molecular weight is 214 g/mol. The Morgan fingerprint density at radius 2 is 2.06 bits per heavy atom. The minimum atomic E-state index is 0.0801. The van der Waals surface area contributed by atoms with Gasteiger partial charge in [-0.1, -0.05) is 36.4 Å². The van der Waals surface area contributed by atoms with Crippen molar-refractivity contribution < 1.29 is 5.11 Å². The molecule has 0 aliphatic heterocycles. The molecular formula is C13H14N2O. The second kappa shape index (κ2) is 5.28. The molecule has 0 bridgehead atoms. The van der Waals surface area contributed by atoms with E-state index in [0.29, 0.717) is 0 Å². The van der Waals surface area contributed by atoms with Gasteiger partial charge in [0.15, 0.2) is 0 Å². The van der Waals surface area contributed by atoms with E-state index in [0.717, 1.165) is 12.1 Å². The zero-order chi connectivity index (χ0) is 11.2. The molecule has 2 rings (SSSR count). The molecular weight excluding hydrogens is 200 g/mol. The summed E-state index contributed by atoms with van der Waals surface area (Å²) in [6, 6.07) is 8.24. The minimum absolute atomic E-state index is 0.0801. The molecule has 3 heteroatoms. The van der Waals surface area contributed by atoms with Crippen LogP contribution >= 0.6 is 0 Å². The van der Waals surface area contributed by atoms with Crippen molar-refractivity contribution in [2.24, 2.45) is 0 Å². The van der Waals surface area contributed by atoms with Crippen LogP contribution in [0.15, 0.2) is 49.1 Å². The molecule has 0 saturated heterocycles. The summed E-state index contributed by atoms with van der Waals surface area (Å²) < 4.78 is 2.03. The molecule has 0 aliphatic rings. The Morgan fingerprint density at radius 1 is 1.25 bits per heavy atom. The molecule has 0 aliphatic carbocycles. The molecule has 1 heterocycles. The molecule has 0 atom stereocenters. The highest BCUT2D eigenvalue weighted by Gasteiger charge is 1.94. The first-order valence-corrected chi connectivity index (χ1v) is 5.20. The van der Waals surface area contributed by atoms with Crippen molar-refractivity contribution in [3.8, 4) is 0 Å². The summed E-state index contributed by atoms with van der Waals surface area (Å²) in [5.41, 5.74) is 2.34. The van der Waals surface area contributed by atoms with Crippen LogP contribution in [0.2, 0.25) is 0 Å². The molecule has 0 unspecified atom stereocenters. The summed E-state index contributed by atoms with van der Waals surface area (Å²) in [7, 11) is 0. The van der Waals surface area contributed by atoms with Crippen LogP contribution in [-0.4, -0.2) is 21.3 Å². The Kier molecular flexibility index (Phi) is 3.51. The van der Waals surface area contributed by atoms with Gasteiger partial charge in [-0.25, -0.2) is 4.98 Å². The van der Waals surface area contributed by atoms with Crippen LogP contribution in [0.25, 0.3) is 6.08 Å². The molecule has 0 fully saturated rings. The summed E-state index contributed by atoms with van der Waals surface area (Å²) in [5.74, 6) is 0. The predicted molar refractivity (Wildman–Crippen MR) is 63.9 cm³/mol. The molecule has 0 saturated carbocycles. The van der Waals surface area contributed by atoms with Gasteiger partial charge in [0.25, 0.3) is 0 Å². The fourth-order valence-corrected chi connectivity index (χ4v) is 1.51. The fraction of sp³-hybridized carbons (Fsp3) is 0.154. The highest BCUT2D eigenvalue weighted by Crippen LogP contribution is 2.07. The number of aliphatic hydroxyl groups is 1. The second-order valence-electron chi connectivity index (χ2n) is 3.56. The molecule has 82 valence electrons.